The summed E-state index contributed by atoms with van der Waals surface area (Å²) in [5.74, 6) is 1.70. The summed E-state index contributed by atoms with van der Waals surface area (Å²) in [4.78, 5) is 4.17. The van der Waals surface area contributed by atoms with Gasteiger partial charge in [-0.1, -0.05) is 11.6 Å². The molecule has 0 amide bonds. The van der Waals surface area contributed by atoms with E-state index in [4.69, 9.17) is 16.3 Å². The Morgan fingerprint density at radius 3 is 2.89 bits per heavy atom. The molecule has 102 valence electrons. The zero-order valence-corrected chi connectivity index (χ0v) is 12.0. The van der Waals surface area contributed by atoms with Crippen LogP contribution in [0.5, 0.6) is 5.75 Å². The van der Waals surface area contributed by atoms with E-state index in [0.717, 1.165) is 17.1 Å². The van der Waals surface area contributed by atoms with Crippen molar-refractivity contribution in [3.8, 4) is 5.75 Å². The van der Waals surface area contributed by atoms with Gasteiger partial charge in [-0.25, -0.2) is 4.98 Å². The third-order valence-corrected chi connectivity index (χ3v) is 3.26. The van der Waals surface area contributed by atoms with Crippen molar-refractivity contribution >= 4 is 11.6 Å². The Bertz CT molecular complexity index is 555. The fraction of sp³-hybridized carbons (Fsp3) is 0.385. The van der Waals surface area contributed by atoms with Crippen molar-refractivity contribution in [2.45, 2.75) is 19.5 Å². The Morgan fingerprint density at radius 1 is 1.47 bits per heavy atom. The van der Waals surface area contributed by atoms with E-state index in [1.165, 1.54) is 0 Å². The minimum absolute atomic E-state index is 0.102. The van der Waals surface area contributed by atoms with Crippen LogP contribution < -0.4 is 10.1 Å². The number of nitrogens with zero attached hydrogens (tertiary/aromatic N) is 3. The second kappa shape index (κ2) is 6.04. The fourth-order valence-corrected chi connectivity index (χ4v) is 2.06. The highest BCUT2D eigenvalue weighted by Gasteiger charge is 2.12. The summed E-state index contributed by atoms with van der Waals surface area (Å²) in [6, 6.07) is 5.71. The van der Waals surface area contributed by atoms with Gasteiger partial charge in [-0.3, -0.25) is 4.68 Å². The maximum atomic E-state index is 6.03. The van der Waals surface area contributed by atoms with Crippen LogP contribution >= 0.6 is 11.6 Å². The topological polar surface area (TPSA) is 52.0 Å². The molecule has 0 spiro atoms. The normalized spacial score (nSPS) is 12.4. The molecule has 19 heavy (non-hydrogen) atoms. The molecule has 1 heterocycles. The maximum Gasteiger partial charge on any atom is 0.140 e. The van der Waals surface area contributed by atoms with Gasteiger partial charge in [-0.15, -0.1) is 0 Å². The summed E-state index contributed by atoms with van der Waals surface area (Å²) < 4.78 is 7.10. The number of halogens is 1. The van der Waals surface area contributed by atoms with Gasteiger partial charge in [0.25, 0.3) is 0 Å². The highest BCUT2D eigenvalue weighted by molar-refractivity contribution is 6.30. The van der Waals surface area contributed by atoms with Crippen molar-refractivity contribution in [1.29, 1.82) is 0 Å². The zero-order valence-electron chi connectivity index (χ0n) is 11.2. The van der Waals surface area contributed by atoms with Gasteiger partial charge < -0.3 is 10.1 Å². The van der Waals surface area contributed by atoms with Crippen LogP contribution in [0.15, 0.2) is 24.5 Å². The first-order valence-corrected chi connectivity index (χ1v) is 6.39. The molecule has 0 bridgehead atoms. The van der Waals surface area contributed by atoms with E-state index in [1.807, 2.05) is 25.2 Å². The van der Waals surface area contributed by atoms with E-state index in [-0.39, 0.29) is 6.04 Å². The predicted octanol–water partition coefficient (Wildman–Crippen LogP) is 2.33. The molecule has 1 atom stereocenters. The largest absolute Gasteiger partial charge is 0.496 e. The molecule has 0 radical (unpaired) electrons. The van der Waals surface area contributed by atoms with E-state index in [1.54, 1.807) is 18.1 Å². The van der Waals surface area contributed by atoms with E-state index >= 15 is 0 Å². The number of methoxy groups -OCH3 is 1. The summed E-state index contributed by atoms with van der Waals surface area (Å²) in [5.41, 5.74) is 1.03. The molecule has 1 N–H and O–H groups in total. The Balaban J connectivity index is 2.09. The average Bonchev–Trinajstić information content (AvgIpc) is 2.81. The molecule has 0 saturated heterocycles. The van der Waals surface area contributed by atoms with Crippen LogP contribution in [0, 0.1) is 0 Å². The van der Waals surface area contributed by atoms with Gasteiger partial charge in [0.1, 0.15) is 17.9 Å². The molecule has 0 saturated carbocycles. The lowest BCUT2D eigenvalue weighted by molar-refractivity contribution is 0.400. The molecule has 5 nitrogen and oxygen atoms in total. The third kappa shape index (κ3) is 3.24. The Kier molecular flexibility index (Phi) is 4.39. The molecule has 0 aliphatic rings. The van der Waals surface area contributed by atoms with E-state index in [0.29, 0.717) is 11.6 Å². The number of aromatic nitrogens is 3. The SMILES string of the molecule is COc1ccc(Cl)cc1[C@H](C)NCc1ncnn1C. The first kappa shape index (κ1) is 13.8. The third-order valence-electron chi connectivity index (χ3n) is 3.03. The van der Waals surface area contributed by atoms with Crippen LogP contribution in [0.25, 0.3) is 0 Å². The molecule has 2 aromatic rings. The number of aryl methyl sites for hydroxylation is 1. The fourth-order valence-electron chi connectivity index (χ4n) is 1.88. The molecular weight excluding hydrogens is 264 g/mol. The van der Waals surface area contributed by atoms with Gasteiger partial charge in [-0.05, 0) is 25.1 Å². The lowest BCUT2D eigenvalue weighted by atomic mass is 10.1. The smallest absolute Gasteiger partial charge is 0.140 e. The number of nitrogens with one attached hydrogen (secondary N) is 1. The summed E-state index contributed by atoms with van der Waals surface area (Å²) in [7, 11) is 3.52. The minimum Gasteiger partial charge on any atom is -0.496 e. The van der Waals surface area contributed by atoms with Crippen molar-refractivity contribution in [3.63, 3.8) is 0 Å². The van der Waals surface area contributed by atoms with Gasteiger partial charge in [0.05, 0.1) is 13.7 Å². The van der Waals surface area contributed by atoms with E-state index in [2.05, 4.69) is 22.3 Å². The molecule has 0 aliphatic heterocycles. The number of ether oxygens (including phenoxy) is 1. The van der Waals surface area contributed by atoms with Crippen molar-refractivity contribution in [2.24, 2.45) is 7.05 Å². The summed E-state index contributed by atoms with van der Waals surface area (Å²) in [6.45, 7) is 2.69. The molecule has 0 fully saturated rings. The maximum absolute atomic E-state index is 6.03. The Hall–Kier alpha value is -1.59. The highest BCUT2D eigenvalue weighted by Crippen LogP contribution is 2.28. The van der Waals surface area contributed by atoms with E-state index < -0.39 is 0 Å². The van der Waals surface area contributed by atoms with Crippen LogP contribution in [0.2, 0.25) is 5.02 Å². The standard InChI is InChI=1S/C13H17ClN4O/c1-9(15-7-13-16-8-17-18(13)2)11-6-10(14)4-5-12(11)19-3/h4-6,8-9,15H,7H2,1-3H3/t9-/m0/s1. The number of hydrogen-bond donors (Lipinski definition) is 1. The first-order chi connectivity index (χ1) is 9.11. The van der Waals surface area contributed by atoms with Crippen LogP contribution in [0.4, 0.5) is 0 Å². The van der Waals surface area contributed by atoms with Crippen LogP contribution in [0.1, 0.15) is 24.4 Å². The first-order valence-electron chi connectivity index (χ1n) is 6.01. The summed E-state index contributed by atoms with van der Waals surface area (Å²) >= 11 is 6.03. The molecule has 0 unspecified atom stereocenters. The van der Waals surface area contributed by atoms with E-state index in [9.17, 15) is 0 Å². The second-order valence-corrected chi connectivity index (χ2v) is 4.73. The monoisotopic (exact) mass is 280 g/mol. The van der Waals surface area contributed by atoms with Crippen LogP contribution in [-0.4, -0.2) is 21.9 Å². The lowest BCUT2D eigenvalue weighted by Crippen LogP contribution is -2.21. The van der Waals surface area contributed by atoms with Gasteiger partial charge in [0.2, 0.25) is 0 Å². The number of hydrogen-bond acceptors (Lipinski definition) is 4. The Labute approximate surface area is 117 Å². The van der Waals surface area contributed by atoms with Crippen molar-refractivity contribution in [2.75, 3.05) is 7.11 Å². The molecule has 1 aromatic heterocycles. The van der Waals surface area contributed by atoms with Gasteiger partial charge in [0, 0.05) is 23.7 Å². The van der Waals surface area contributed by atoms with Gasteiger partial charge in [0.15, 0.2) is 0 Å². The molecular formula is C13H17ClN4O. The molecule has 6 heteroatoms. The molecule has 1 aromatic carbocycles. The second-order valence-electron chi connectivity index (χ2n) is 4.29. The minimum atomic E-state index is 0.102. The van der Waals surface area contributed by atoms with Crippen molar-refractivity contribution in [3.05, 3.63) is 40.9 Å². The average molecular weight is 281 g/mol. The summed E-state index contributed by atoms with van der Waals surface area (Å²) in [5, 5.41) is 8.11. The van der Waals surface area contributed by atoms with Crippen LogP contribution in [-0.2, 0) is 13.6 Å². The van der Waals surface area contributed by atoms with Crippen molar-refractivity contribution in [1.82, 2.24) is 20.1 Å². The lowest BCUT2D eigenvalue weighted by Gasteiger charge is -2.17. The van der Waals surface area contributed by atoms with Crippen LogP contribution in [0.3, 0.4) is 0 Å². The zero-order chi connectivity index (χ0) is 13.8. The Morgan fingerprint density at radius 2 is 2.26 bits per heavy atom. The highest BCUT2D eigenvalue weighted by atomic mass is 35.5. The van der Waals surface area contributed by atoms with Crippen molar-refractivity contribution < 1.29 is 4.74 Å². The number of benzene rings is 1. The predicted molar refractivity (Wildman–Crippen MR) is 74.3 cm³/mol. The summed E-state index contributed by atoms with van der Waals surface area (Å²) in [6.07, 6.45) is 1.54. The van der Waals surface area contributed by atoms with Gasteiger partial charge in [-0.2, -0.15) is 5.10 Å². The number of rotatable bonds is 5. The quantitative estimate of drug-likeness (QED) is 0.913. The molecule has 0 aliphatic carbocycles. The van der Waals surface area contributed by atoms with Gasteiger partial charge >= 0.3 is 0 Å². The molecule has 2 rings (SSSR count).